The van der Waals surface area contributed by atoms with E-state index in [1.54, 1.807) is 7.11 Å². The van der Waals surface area contributed by atoms with E-state index in [4.69, 9.17) is 10.5 Å². The van der Waals surface area contributed by atoms with Gasteiger partial charge in [0, 0.05) is 11.8 Å². The smallest absolute Gasteiger partial charge is 0.120 e. The van der Waals surface area contributed by atoms with Crippen LogP contribution in [0.5, 0.6) is 5.75 Å². The molecule has 0 saturated carbocycles. The summed E-state index contributed by atoms with van der Waals surface area (Å²) >= 11 is 0. The maximum Gasteiger partial charge on any atom is 0.120 e. The van der Waals surface area contributed by atoms with Gasteiger partial charge < -0.3 is 15.8 Å². The molecular formula is C14H22N2O. The van der Waals surface area contributed by atoms with Gasteiger partial charge in [-0.1, -0.05) is 6.07 Å². The van der Waals surface area contributed by atoms with Gasteiger partial charge in [0.25, 0.3) is 0 Å². The predicted octanol–water partition coefficient (Wildman–Crippen LogP) is 2.21. The van der Waals surface area contributed by atoms with Gasteiger partial charge >= 0.3 is 0 Å². The van der Waals surface area contributed by atoms with Crippen LogP contribution in [0.3, 0.4) is 0 Å². The van der Waals surface area contributed by atoms with Crippen molar-refractivity contribution < 1.29 is 4.74 Å². The van der Waals surface area contributed by atoms with Crippen molar-refractivity contribution in [3.8, 4) is 5.75 Å². The third-order valence-electron chi connectivity index (χ3n) is 3.63. The number of hydrogen-bond acceptors (Lipinski definition) is 3. The monoisotopic (exact) mass is 234 g/mol. The van der Waals surface area contributed by atoms with Crippen molar-refractivity contribution in [2.45, 2.75) is 25.7 Å². The summed E-state index contributed by atoms with van der Waals surface area (Å²) in [5.41, 5.74) is 8.13. The van der Waals surface area contributed by atoms with E-state index >= 15 is 0 Å². The lowest BCUT2D eigenvalue weighted by atomic mass is 9.91. The van der Waals surface area contributed by atoms with Crippen LogP contribution in [-0.2, 0) is 6.42 Å². The zero-order valence-electron chi connectivity index (χ0n) is 10.5. The van der Waals surface area contributed by atoms with Gasteiger partial charge in [0.1, 0.15) is 5.75 Å². The van der Waals surface area contributed by atoms with Gasteiger partial charge in [-0.2, -0.15) is 0 Å². The van der Waals surface area contributed by atoms with E-state index in [0.29, 0.717) is 0 Å². The molecule has 1 aromatic rings. The first-order valence-electron chi connectivity index (χ1n) is 6.42. The van der Waals surface area contributed by atoms with Crippen LogP contribution in [0.4, 0.5) is 5.69 Å². The summed E-state index contributed by atoms with van der Waals surface area (Å²) in [6.45, 7) is 2.34. The Morgan fingerprint density at radius 2 is 2.12 bits per heavy atom. The van der Waals surface area contributed by atoms with Crippen LogP contribution in [0, 0.1) is 5.92 Å². The Balaban J connectivity index is 1.89. The van der Waals surface area contributed by atoms with Crippen molar-refractivity contribution in [2.75, 3.05) is 25.9 Å². The molecule has 0 unspecified atom stereocenters. The van der Waals surface area contributed by atoms with E-state index < -0.39 is 0 Å². The Labute approximate surface area is 103 Å². The van der Waals surface area contributed by atoms with Gasteiger partial charge in [-0.05, 0) is 56.3 Å². The number of rotatable bonds is 4. The van der Waals surface area contributed by atoms with Gasteiger partial charge in [0.2, 0.25) is 0 Å². The van der Waals surface area contributed by atoms with Gasteiger partial charge in [0.05, 0.1) is 7.11 Å². The molecule has 1 aliphatic rings. The molecule has 0 amide bonds. The Kier molecular flexibility index (Phi) is 4.26. The highest BCUT2D eigenvalue weighted by Crippen LogP contribution is 2.24. The van der Waals surface area contributed by atoms with Crippen molar-refractivity contribution in [3.05, 3.63) is 23.8 Å². The minimum atomic E-state index is 0.841. The molecule has 0 radical (unpaired) electrons. The molecule has 0 aromatic heterocycles. The second-order valence-electron chi connectivity index (χ2n) is 4.80. The number of methoxy groups -OCH3 is 1. The third-order valence-corrected chi connectivity index (χ3v) is 3.63. The van der Waals surface area contributed by atoms with Crippen molar-refractivity contribution in [1.82, 2.24) is 5.32 Å². The molecule has 0 atom stereocenters. The first kappa shape index (κ1) is 12.2. The first-order valence-corrected chi connectivity index (χ1v) is 6.42. The van der Waals surface area contributed by atoms with E-state index in [-0.39, 0.29) is 0 Å². The fourth-order valence-corrected chi connectivity index (χ4v) is 2.46. The zero-order chi connectivity index (χ0) is 12.1. The van der Waals surface area contributed by atoms with Crippen LogP contribution in [0.2, 0.25) is 0 Å². The molecular weight excluding hydrogens is 212 g/mol. The molecule has 3 heteroatoms. The van der Waals surface area contributed by atoms with Crippen LogP contribution in [0.15, 0.2) is 18.2 Å². The fraction of sp³-hybridized carbons (Fsp3) is 0.571. The molecule has 2 rings (SSSR count). The summed E-state index contributed by atoms with van der Waals surface area (Å²) in [6, 6.07) is 6.00. The molecule has 1 saturated heterocycles. The topological polar surface area (TPSA) is 47.3 Å². The molecule has 94 valence electrons. The van der Waals surface area contributed by atoms with Crippen molar-refractivity contribution in [2.24, 2.45) is 5.92 Å². The van der Waals surface area contributed by atoms with E-state index in [0.717, 1.165) is 23.8 Å². The normalized spacial score (nSPS) is 17.0. The Bertz CT molecular complexity index is 359. The predicted molar refractivity (Wildman–Crippen MR) is 71.3 cm³/mol. The summed E-state index contributed by atoms with van der Waals surface area (Å²) in [7, 11) is 1.67. The second kappa shape index (κ2) is 5.92. The number of aryl methyl sites for hydroxylation is 1. The number of ether oxygens (including phenoxy) is 1. The summed E-state index contributed by atoms with van der Waals surface area (Å²) < 4.78 is 5.16. The molecule has 0 spiro atoms. The highest BCUT2D eigenvalue weighted by molar-refractivity contribution is 5.51. The van der Waals surface area contributed by atoms with E-state index in [9.17, 15) is 0 Å². The Morgan fingerprint density at radius 1 is 1.35 bits per heavy atom. The molecule has 1 fully saturated rings. The molecule has 1 aliphatic heterocycles. The van der Waals surface area contributed by atoms with E-state index in [2.05, 4.69) is 11.4 Å². The van der Waals surface area contributed by atoms with Crippen molar-refractivity contribution >= 4 is 5.69 Å². The number of benzene rings is 1. The summed E-state index contributed by atoms with van der Waals surface area (Å²) in [4.78, 5) is 0. The van der Waals surface area contributed by atoms with Crippen molar-refractivity contribution in [3.63, 3.8) is 0 Å². The maximum absolute atomic E-state index is 6.02. The van der Waals surface area contributed by atoms with Crippen molar-refractivity contribution in [1.29, 1.82) is 0 Å². The van der Waals surface area contributed by atoms with Gasteiger partial charge in [-0.25, -0.2) is 0 Å². The maximum atomic E-state index is 6.02. The quantitative estimate of drug-likeness (QED) is 0.785. The molecule has 1 heterocycles. The minimum Gasteiger partial charge on any atom is -0.497 e. The summed E-state index contributed by atoms with van der Waals surface area (Å²) in [5, 5.41) is 3.40. The number of nitrogens with one attached hydrogen (secondary N) is 1. The molecule has 1 aromatic carbocycles. The number of hydrogen-bond donors (Lipinski definition) is 2. The third kappa shape index (κ3) is 3.37. The average molecular weight is 234 g/mol. The van der Waals surface area contributed by atoms with Gasteiger partial charge in [0.15, 0.2) is 0 Å². The minimum absolute atomic E-state index is 0.841. The van der Waals surface area contributed by atoms with Crippen LogP contribution in [-0.4, -0.2) is 20.2 Å². The fourth-order valence-electron chi connectivity index (χ4n) is 2.46. The van der Waals surface area contributed by atoms with Crippen LogP contribution in [0.25, 0.3) is 0 Å². The highest BCUT2D eigenvalue weighted by Gasteiger charge is 2.13. The SMILES string of the molecule is COc1ccc(CCC2CCNCC2)c(N)c1. The van der Waals surface area contributed by atoms with Crippen LogP contribution < -0.4 is 15.8 Å². The number of anilines is 1. The zero-order valence-corrected chi connectivity index (χ0v) is 10.5. The molecule has 17 heavy (non-hydrogen) atoms. The Hall–Kier alpha value is -1.22. The Morgan fingerprint density at radius 3 is 2.76 bits per heavy atom. The largest absolute Gasteiger partial charge is 0.497 e. The lowest BCUT2D eigenvalue weighted by molar-refractivity contribution is 0.354. The molecule has 0 bridgehead atoms. The van der Waals surface area contributed by atoms with E-state index in [1.165, 1.54) is 37.9 Å². The lowest BCUT2D eigenvalue weighted by Crippen LogP contribution is -2.27. The van der Waals surface area contributed by atoms with E-state index in [1.807, 2.05) is 12.1 Å². The molecule has 3 N–H and O–H groups in total. The molecule has 3 nitrogen and oxygen atoms in total. The van der Waals surface area contributed by atoms with Gasteiger partial charge in [-0.3, -0.25) is 0 Å². The second-order valence-corrected chi connectivity index (χ2v) is 4.80. The summed E-state index contributed by atoms with van der Waals surface area (Å²) in [5.74, 6) is 1.70. The van der Waals surface area contributed by atoms with Crippen LogP contribution in [0.1, 0.15) is 24.8 Å². The number of nitrogen functional groups attached to an aromatic ring is 1. The van der Waals surface area contributed by atoms with Gasteiger partial charge in [-0.15, -0.1) is 0 Å². The molecule has 0 aliphatic carbocycles. The average Bonchev–Trinajstić information content (AvgIpc) is 2.38. The van der Waals surface area contributed by atoms with Crippen LogP contribution >= 0.6 is 0 Å². The number of piperidine rings is 1. The lowest BCUT2D eigenvalue weighted by Gasteiger charge is -2.22. The highest BCUT2D eigenvalue weighted by atomic mass is 16.5. The standard InChI is InChI=1S/C14H22N2O/c1-17-13-5-4-12(14(15)10-13)3-2-11-6-8-16-9-7-11/h4-5,10-11,16H,2-3,6-9,15H2,1H3. The summed E-state index contributed by atoms with van der Waals surface area (Å²) in [6.07, 6.45) is 4.94. The number of nitrogens with two attached hydrogens (primary N) is 1. The first-order chi connectivity index (χ1) is 8.29.